The molecule has 0 atom stereocenters. The molecule has 1 amide bonds. The average Bonchev–Trinajstić information content (AvgIpc) is 2.69. The fourth-order valence-corrected chi connectivity index (χ4v) is 3.14. The maximum Gasteiger partial charge on any atom is 0.267 e. The zero-order valence-electron chi connectivity index (χ0n) is 15.4. The topological polar surface area (TPSA) is 133 Å². The molecule has 0 saturated carbocycles. The Morgan fingerprint density at radius 3 is 2.45 bits per heavy atom. The first-order valence-electron chi connectivity index (χ1n) is 8.42. The molecule has 1 heterocycles. The summed E-state index contributed by atoms with van der Waals surface area (Å²) >= 11 is 0. The van der Waals surface area contributed by atoms with Crippen LogP contribution in [0.4, 0.5) is 5.69 Å². The van der Waals surface area contributed by atoms with E-state index >= 15 is 0 Å². The van der Waals surface area contributed by atoms with Crippen LogP contribution in [0.3, 0.4) is 0 Å². The lowest BCUT2D eigenvalue weighted by Gasteiger charge is -2.10. The molecule has 0 aliphatic carbocycles. The summed E-state index contributed by atoms with van der Waals surface area (Å²) in [4.78, 5) is 24.3. The molecule has 3 aromatic rings. The van der Waals surface area contributed by atoms with E-state index in [1.165, 1.54) is 37.4 Å². The third-order valence-corrected chi connectivity index (χ3v) is 4.94. The average molecular weight is 414 g/mol. The number of amides is 1. The molecule has 0 fully saturated rings. The number of nitrogens with zero attached hydrogens (tertiary/aromatic N) is 2. The fourth-order valence-electron chi connectivity index (χ4n) is 2.63. The maximum atomic E-state index is 12.3. The van der Waals surface area contributed by atoms with Crippen molar-refractivity contribution in [3.05, 3.63) is 71.0 Å². The van der Waals surface area contributed by atoms with Crippen LogP contribution in [0.1, 0.15) is 0 Å². The van der Waals surface area contributed by atoms with E-state index in [0.717, 1.165) is 4.68 Å². The zero-order chi connectivity index (χ0) is 21.0. The van der Waals surface area contributed by atoms with Crippen molar-refractivity contribution in [1.82, 2.24) is 9.78 Å². The number of benzene rings is 2. The van der Waals surface area contributed by atoms with Crippen molar-refractivity contribution in [3.63, 3.8) is 0 Å². The summed E-state index contributed by atoms with van der Waals surface area (Å²) in [5.74, 6) is 0.0877. The van der Waals surface area contributed by atoms with E-state index in [-0.39, 0.29) is 11.4 Å². The quantitative estimate of drug-likeness (QED) is 0.623. The number of ether oxygens (including phenoxy) is 1. The Hall–Kier alpha value is -3.50. The molecule has 3 N–H and O–H groups in total. The lowest BCUT2D eigenvalue weighted by Crippen LogP contribution is -2.29. The van der Waals surface area contributed by atoms with E-state index in [9.17, 15) is 18.0 Å². The van der Waals surface area contributed by atoms with E-state index in [2.05, 4.69) is 10.4 Å². The number of nitrogens with two attached hydrogens (primary N) is 1. The lowest BCUT2D eigenvalue weighted by molar-refractivity contribution is -0.117. The zero-order valence-corrected chi connectivity index (χ0v) is 16.2. The van der Waals surface area contributed by atoms with E-state index < -0.39 is 21.5 Å². The molecule has 10 heteroatoms. The Balaban J connectivity index is 1.79. The number of nitrogens with one attached hydrogen (secondary N) is 1. The Kier molecular flexibility index (Phi) is 5.76. The fraction of sp³-hybridized carbons (Fsp3) is 0.105. The van der Waals surface area contributed by atoms with Gasteiger partial charge in [-0.2, -0.15) is 5.10 Å². The molecule has 0 bridgehead atoms. The number of para-hydroxylation sites is 1. The number of anilines is 1. The molecule has 0 aliphatic heterocycles. The number of carbonyl (C=O) groups excluding carboxylic acids is 1. The van der Waals surface area contributed by atoms with Crippen LogP contribution in [-0.2, 0) is 21.4 Å². The molecule has 3 rings (SSSR count). The first-order chi connectivity index (χ1) is 13.8. The second-order valence-electron chi connectivity index (χ2n) is 6.03. The summed E-state index contributed by atoms with van der Waals surface area (Å²) in [6, 6.07) is 15.4. The van der Waals surface area contributed by atoms with Gasteiger partial charge in [-0.05, 0) is 42.5 Å². The highest BCUT2D eigenvalue weighted by Crippen LogP contribution is 2.27. The summed E-state index contributed by atoms with van der Waals surface area (Å²) in [6.45, 7) is -0.321. The van der Waals surface area contributed by atoms with Crippen molar-refractivity contribution >= 4 is 21.6 Å². The molecule has 0 aliphatic rings. The Morgan fingerprint density at radius 2 is 1.79 bits per heavy atom. The van der Waals surface area contributed by atoms with Gasteiger partial charge >= 0.3 is 0 Å². The number of aromatic nitrogens is 2. The summed E-state index contributed by atoms with van der Waals surface area (Å²) < 4.78 is 28.9. The predicted molar refractivity (Wildman–Crippen MR) is 107 cm³/mol. The summed E-state index contributed by atoms with van der Waals surface area (Å²) in [5.41, 5.74) is 1.08. The summed E-state index contributed by atoms with van der Waals surface area (Å²) in [7, 11) is -2.29. The molecule has 1 aromatic heterocycles. The molecule has 0 spiro atoms. The largest absolute Gasteiger partial charge is 0.496 e. The van der Waals surface area contributed by atoms with Crippen molar-refractivity contribution in [2.24, 2.45) is 5.14 Å². The lowest BCUT2D eigenvalue weighted by atomic mass is 10.1. The third kappa shape index (κ3) is 4.86. The second-order valence-corrected chi connectivity index (χ2v) is 7.59. The summed E-state index contributed by atoms with van der Waals surface area (Å²) in [5, 5.41) is 11.9. The molecule has 9 nitrogen and oxygen atoms in total. The van der Waals surface area contributed by atoms with Crippen LogP contribution in [0.15, 0.2) is 70.4 Å². The van der Waals surface area contributed by atoms with Crippen molar-refractivity contribution < 1.29 is 17.9 Å². The van der Waals surface area contributed by atoms with Crippen LogP contribution >= 0.6 is 0 Å². The Morgan fingerprint density at radius 1 is 1.10 bits per heavy atom. The molecule has 29 heavy (non-hydrogen) atoms. The van der Waals surface area contributed by atoms with E-state index in [0.29, 0.717) is 22.7 Å². The SMILES string of the molecule is COc1ccccc1-c1ccc(=O)n(CC(=O)Nc2ccc(S(N)(=O)=O)cc2)n1. The number of carbonyl (C=O) groups is 1. The molecule has 0 radical (unpaired) electrons. The van der Waals surface area contributed by atoms with Gasteiger partial charge in [0.2, 0.25) is 15.9 Å². The smallest absolute Gasteiger partial charge is 0.267 e. The van der Waals surface area contributed by atoms with Gasteiger partial charge in [0.15, 0.2) is 0 Å². The normalized spacial score (nSPS) is 11.1. The van der Waals surface area contributed by atoms with Crippen LogP contribution < -0.4 is 20.8 Å². The molecule has 0 saturated heterocycles. The molecule has 2 aromatic carbocycles. The second kappa shape index (κ2) is 8.25. The minimum atomic E-state index is -3.82. The Bertz CT molecular complexity index is 1200. The minimum Gasteiger partial charge on any atom is -0.496 e. The van der Waals surface area contributed by atoms with Gasteiger partial charge in [-0.15, -0.1) is 0 Å². The number of rotatable bonds is 6. The Labute approximate surface area is 166 Å². The number of hydrogen-bond acceptors (Lipinski definition) is 6. The van der Waals surface area contributed by atoms with E-state index in [4.69, 9.17) is 9.88 Å². The molecule has 0 unspecified atom stereocenters. The third-order valence-electron chi connectivity index (χ3n) is 4.01. The van der Waals surface area contributed by atoms with E-state index in [1.54, 1.807) is 18.2 Å². The molecular weight excluding hydrogens is 396 g/mol. The standard InChI is InChI=1S/C19H18N4O5S/c1-28-17-5-3-2-4-15(17)16-10-11-19(25)23(22-16)12-18(24)21-13-6-8-14(9-7-13)29(20,26)27/h2-11H,12H2,1H3,(H,21,24)(H2,20,26,27). The highest BCUT2D eigenvalue weighted by atomic mass is 32.2. The highest BCUT2D eigenvalue weighted by Gasteiger charge is 2.12. The van der Waals surface area contributed by atoms with Crippen molar-refractivity contribution in [2.45, 2.75) is 11.4 Å². The van der Waals surface area contributed by atoms with Crippen LogP contribution in [0.2, 0.25) is 0 Å². The summed E-state index contributed by atoms with van der Waals surface area (Å²) in [6.07, 6.45) is 0. The van der Waals surface area contributed by atoms with Gasteiger partial charge in [-0.1, -0.05) is 12.1 Å². The number of primary sulfonamides is 1. The minimum absolute atomic E-state index is 0.0714. The van der Waals surface area contributed by atoms with Gasteiger partial charge in [-0.3, -0.25) is 9.59 Å². The molecular formula is C19H18N4O5S. The van der Waals surface area contributed by atoms with Crippen LogP contribution in [0.5, 0.6) is 5.75 Å². The number of hydrogen-bond donors (Lipinski definition) is 2. The van der Waals surface area contributed by atoms with Crippen molar-refractivity contribution in [3.8, 4) is 17.0 Å². The number of sulfonamides is 1. The van der Waals surface area contributed by atoms with Gasteiger partial charge in [0.05, 0.1) is 17.7 Å². The van der Waals surface area contributed by atoms with Crippen LogP contribution in [-0.4, -0.2) is 31.2 Å². The van der Waals surface area contributed by atoms with Crippen LogP contribution in [0.25, 0.3) is 11.3 Å². The van der Waals surface area contributed by atoms with Gasteiger partial charge in [0, 0.05) is 17.3 Å². The monoisotopic (exact) mass is 414 g/mol. The maximum absolute atomic E-state index is 12.3. The highest BCUT2D eigenvalue weighted by molar-refractivity contribution is 7.89. The van der Waals surface area contributed by atoms with Crippen molar-refractivity contribution in [2.75, 3.05) is 12.4 Å². The van der Waals surface area contributed by atoms with Crippen molar-refractivity contribution in [1.29, 1.82) is 0 Å². The van der Waals surface area contributed by atoms with Gasteiger partial charge < -0.3 is 10.1 Å². The first kappa shape index (κ1) is 20.2. The van der Waals surface area contributed by atoms with Gasteiger partial charge in [-0.25, -0.2) is 18.2 Å². The van der Waals surface area contributed by atoms with E-state index in [1.807, 2.05) is 12.1 Å². The van der Waals surface area contributed by atoms with Gasteiger partial charge in [0.25, 0.3) is 5.56 Å². The molecule has 150 valence electrons. The van der Waals surface area contributed by atoms with Crippen LogP contribution in [0, 0.1) is 0 Å². The predicted octanol–water partition coefficient (Wildman–Crippen LogP) is 1.20. The first-order valence-corrected chi connectivity index (χ1v) is 9.97. The van der Waals surface area contributed by atoms with Gasteiger partial charge in [0.1, 0.15) is 12.3 Å². The number of methoxy groups -OCH3 is 1.